The molecule has 0 N–H and O–H groups in total. The number of methoxy groups -OCH3 is 1. The third kappa shape index (κ3) is 5.17. The van der Waals surface area contributed by atoms with E-state index in [9.17, 15) is 19.7 Å². The molecular weight excluding hydrogens is 386 g/mol. The average Bonchev–Trinajstić information content (AvgIpc) is 2.78. The standard InChI is InChI=1S/C23H17NO6/c1-29-20-10-8-18(9-11-20)23(26)30-21-12-6-17(7-13-21)22(25)14-5-16-3-2-4-19(15-16)24(27)28/h2-15H,1H3/b14-5+. The van der Waals surface area contributed by atoms with Crippen molar-refractivity contribution in [2.75, 3.05) is 7.11 Å². The summed E-state index contributed by atoms with van der Waals surface area (Å²) in [6.45, 7) is 0. The Labute approximate surface area is 172 Å². The van der Waals surface area contributed by atoms with Crippen molar-refractivity contribution in [3.8, 4) is 11.5 Å². The number of non-ortho nitro benzene ring substituents is 1. The molecule has 30 heavy (non-hydrogen) atoms. The van der Waals surface area contributed by atoms with E-state index in [0.29, 0.717) is 28.2 Å². The average molecular weight is 403 g/mol. The van der Waals surface area contributed by atoms with E-state index in [1.165, 1.54) is 55.7 Å². The molecule has 3 aromatic carbocycles. The van der Waals surface area contributed by atoms with Gasteiger partial charge in [-0.15, -0.1) is 0 Å². The molecular formula is C23H17NO6. The molecule has 3 aromatic rings. The summed E-state index contributed by atoms with van der Waals surface area (Å²) in [6.07, 6.45) is 2.84. The van der Waals surface area contributed by atoms with Gasteiger partial charge in [-0.3, -0.25) is 14.9 Å². The van der Waals surface area contributed by atoms with E-state index >= 15 is 0 Å². The van der Waals surface area contributed by atoms with Crippen molar-refractivity contribution in [3.63, 3.8) is 0 Å². The molecule has 0 radical (unpaired) electrons. The molecule has 0 bridgehead atoms. The Bertz CT molecular complexity index is 1100. The third-order valence-corrected chi connectivity index (χ3v) is 4.18. The predicted molar refractivity (Wildman–Crippen MR) is 111 cm³/mol. The van der Waals surface area contributed by atoms with Gasteiger partial charge in [-0.05, 0) is 60.2 Å². The van der Waals surface area contributed by atoms with Crippen LogP contribution in [0.1, 0.15) is 26.3 Å². The highest BCUT2D eigenvalue weighted by Gasteiger charge is 2.10. The molecule has 7 nitrogen and oxygen atoms in total. The number of nitro groups is 1. The van der Waals surface area contributed by atoms with Gasteiger partial charge in [0, 0.05) is 17.7 Å². The molecule has 0 aliphatic heterocycles. The minimum absolute atomic E-state index is 0.0485. The number of nitro benzene ring substituents is 1. The van der Waals surface area contributed by atoms with E-state index in [-0.39, 0.29) is 11.5 Å². The number of esters is 1. The van der Waals surface area contributed by atoms with Crippen LogP contribution in [-0.4, -0.2) is 23.8 Å². The fourth-order valence-electron chi connectivity index (χ4n) is 2.59. The first-order valence-corrected chi connectivity index (χ1v) is 8.89. The van der Waals surface area contributed by atoms with Crippen LogP contribution in [0.15, 0.2) is 78.9 Å². The monoisotopic (exact) mass is 403 g/mol. The number of allylic oxidation sites excluding steroid dienone is 1. The van der Waals surface area contributed by atoms with Gasteiger partial charge in [0.1, 0.15) is 11.5 Å². The maximum Gasteiger partial charge on any atom is 0.343 e. The maximum atomic E-state index is 12.3. The second-order valence-corrected chi connectivity index (χ2v) is 6.19. The highest BCUT2D eigenvalue weighted by atomic mass is 16.6. The van der Waals surface area contributed by atoms with Crippen LogP contribution in [0.2, 0.25) is 0 Å². The van der Waals surface area contributed by atoms with Gasteiger partial charge in [0.15, 0.2) is 5.78 Å². The van der Waals surface area contributed by atoms with E-state index in [2.05, 4.69) is 0 Å². The topological polar surface area (TPSA) is 95.7 Å². The van der Waals surface area contributed by atoms with Crippen LogP contribution in [0.25, 0.3) is 6.08 Å². The molecule has 7 heteroatoms. The van der Waals surface area contributed by atoms with Gasteiger partial charge in [0.05, 0.1) is 17.6 Å². The van der Waals surface area contributed by atoms with E-state index < -0.39 is 10.9 Å². The molecule has 0 unspecified atom stereocenters. The lowest BCUT2D eigenvalue weighted by Gasteiger charge is -2.06. The number of hydrogen-bond acceptors (Lipinski definition) is 6. The summed E-state index contributed by atoms with van der Waals surface area (Å²) in [5.41, 5.74) is 1.26. The van der Waals surface area contributed by atoms with Crippen molar-refractivity contribution in [2.45, 2.75) is 0 Å². The van der Waals surface area contributed by atoms with Crippen molar-refractivity contribution in [3.05, 3.63) is 106 Å². The molecule has 0 amide bonds. The largest absolute Gasteiger partial charge is 0.497 e. The lowest BCUT2D eigenvalue weighted by Crippen LogP contribution is -2.08. The number of ether oxygens (including phenoxy) is 2. The van der Waals surface area contributed by atoms with Gasteiger partial charge in [0.2, 0.25) is 0 Å². The maximum absolute atomic E-state index is 12.3. The van der Waals surface area contributed by atoms with Crippen LogP contribution in [0.3, 0.4) is 0 Å². The molecule has 0 saturated carbocycles. The second-order valence-electron chi connectivity index (χ2n) is 6.19. The summed E-state index contributed by atoms with van der Waals surface area (Å²) in [4.78, 5) is 34.8. The highest BCUT2D eigenvalue weighted by molar-refractivity contribution is 6.06. The molecule has 0 spiro atoms. The number of carbonyl (C=O) groups is 2. The Hall–Kier alpha value is -4.26. The van der Waals surface area contributed by atoms with Gasteiger partial charge >= 0.3 is 5.97 Å². The molecule has 0 fully saturated rings. The normalized spacial score (nSPS) is 10.6. The first kappa shape index (κ1) is 20.5. The number of rotatable bonds is 7. The molecule has 3 rings (SSSR count). The molecule has 0 saturated heterocycles. The first-order valence-electron chi connectivity index (χ1n) is 8.89. The first-order chi connectivity index (χ1) is 14.5. The number of nitrogens with zero attached hydrogens (tertiary/aromatic N) is 1. The van der Waals surface area contributed by atoms with E-state index in [0.717, 1.165) is 0 Å². The van der Waals surface area contributed by atoms with E-state index in [1.54, 1.807) is 36.4 Å². The summed E-state index contributed by atoms with van der Waals surface area (Å²) >= 11 is 0. The van der Waals surface area contributed by atoms with Crippen LogP contribution in [0, 0.1) is 10.1 Å². The predicted octanol–water partition coefficient (Wildman–Crippen LogP) is 4.72. The molecule has 0 aromatic heterocycles. The van der Waals surface area contributed by atoms with Gasteiger partial charge in [0.25, 0.3) is 5.69 Å². The number of ketones is 1. The van der Waals surface area contributed by atoms with Gasteiger partial charge in [-0.25, -0.2) is 4.79 Å². The summed E-state index contributed by atoms with van der Waals surface area (Å²) < 4.78 is 10.3. The lowest BCUT2D eigenvalue weighted by molar-refractivity contribution is -0.384. The Morgan fingerprint density at radius 2 is 1.53 bits per heavy atom. The zero-order valence-electron chi connectivity index (χ0n) is 16.0. The second kappa shape index (κ2) is 9.29. The summed E-state index contributed by atoms with van der Waals surface area (Å²) in [5.74, 6) is 0.124. The van der Waals surface area contributed by atoms with Crippen LogP contribution < -0.4 is 9.47 Å². The van der Waals surface area contributed by atoms with Gasteiger partial charge < -0.3 is 9.47 Å². The zero-order valence-corrected chi connectivity index (χ0v) is 16.0. The molecule has 0 atom stereocenters. The van der Waals surface area contributed by atoms with Crippen molar-refractivity contribution >= 4 is 23.5 Å². The lowest BCUT2D eigenvalue weighted by atomic mass is 10.1. The number of carbonyl (C=O) groups excluding carboxylic acids is 2. The van der Waals surface area contributed by atoms with E-state index in [4.69, 9.17) is 9.47 Å². The van der Waals surface area contributed by atoms with Crippen LogP contribution in [-0.2, 0) is 0 Å². The summed E-state index contributed by atoms with van der Waals surface area (Å²) in [6, 6.07) is 18.6. The van der Waals surface area contributed by atoms with E-state index in [1.807, 2.05) is 0 Å². The van der Waals surface area contributed by atoms with Crippen LogP contribution in [0.5, 0.6) is 11.5 Å². The van der Waals surface area contributed by atoms with Crippen molar-refractivity contribution < 1.29 is 24.0 Å². The van der Waals surface area contributed by atoms with Crippen molar-refractivity contribution in [1.29, 1.82) is 0 Å². The third-order valence-electron chi connectivity index (χ3n) is 4.18. The molecule has 0 aliphatic carbocycles. The summed E-state index contributed by atoms with van der Waals surface area (Å²) in [5, 5.41) is 10.8. The minimum atomic E-state index is -0.526. The van der Waals surface area contributed by atoms with Crippen LogP contribution in [0.4, 0.5) is 5.69 Å². The highest BCUT2D eigenvalue weighted by Crippen LogP contribution is 2.18. The Balaban J connectivity index is 1.64. The quantitative estimate of drug-likeness (QED) is 0.141. The summed E-state index contributed by atoms with van der Waals surface area (Å²) in [7, 11) is 1.54. The SMILES string of the molecule is COc1ccc(C(=O)Oc2ccc(C(=O)/C=C/c3cccc([N+](=O)[O-])c3)cc2)cc1. The molecule has 0 heterocycles. The van der Waals surface area contributed by atoms with Gasteiger partial charge in [-0.1, -0.05) is 18.2 Å². The minimum Gasteiger partial charge on any atom is -0.497 e. The number of hydrogen-bond donors (Lipinski definition) is 0. The van der Waals surface area contributed by atoms with Crippen molar-refractivity contribution in [1.82, 2.24) is 0 Å². The van der Waals surface area contributed by atoms with Crippen molar-refractivity contribution in [2.24, 2.45) is 0 Å². The zero-order chi connectivity index (χ0) is 21.5. The molecule has 150 valence electrons. The number of benzene rings is 3. The van der Waals surface area contributed by atoms with Crippen LogP contribution >= 0.6 is 0 Å². The Morgan fingerprint density at radius 3 is 2.17 bits per heavy atom. The fraction of sp³-hybridized carbons (Fsp3) is 0.0435. The Kier molecular flexibility index (Phi) is 6.34. The van der Waals surface area contributed by atoms with Gasteiger partial charge in [-0.2, -0.15) is 0 Å². The smallest absolute Gasteiger partial charge is 0.343 e. The fourth-order valence-corrected chi connectivity index (χ4v) is 2.59. The molecule has 0 aliphatic rings. The Morgan fingerprint density at radius 1 is 0.900 bits per heavy atom.